The van der Waals surface area contributed by atoms with Crippen LogP contribution in [0.25, 0.3) is 0 Å². The number of nitrogens with two attached hydrogens (primary N) is 1. The van der Waals surface area contributed by atoms with Gasteiger partial charge in [0.25, 0.3) is 0 Å². The molecule has 0 saturated heterocycles. The fourth-order valence-corrected chi connectivity index (χ4v) is 4.21. The first-order chi connectivity index (χ1) is 12.9. The molecule has 146 valence electrons. The highest BCUT2D eigenvalue weighted by molar-refractivity contribution is 7.89. The van der Waals surface area contributed by atoms with Gasteiger partial charge in [-0.1, -0.05) is 30.3 Å². The molecule has 0 aliphatic carbocycles. The number of methoxy groups -OCH3 is 2. The van der Waals surface area contributed by atoms with Gasteiger partial charge in [0.2, 0.25) is 10.0 Å². The third-order valence-corrected chi connectivity index (χ3v) is 5.90. The summed E-state index contributed by atoms with van der Waals surface area (Å²) in [6.07, 6.45) is 0.522. The SMILES string of the molecule is COC(=O)c1ccc(S(=O)(=O)N(CCCN)Cc2ccccc2)c(OC)c1. The van der Waals surface area contributed by atoms with Gasteiger partial charge in [-0.2, -0.15) is 4.31 Å². The zero-order chi connectivity index (χ0) is 19.9. The van der Waals surface area contributed by atoms with Crippen LogP contribution in [0.1, 0.15) is 22.3 Å². The standard InChI is InChI=1S/C19H24N2O5S/c1-25-17-13-16(19(22)26-2)9-10-18(17)27(23,24)21(12-6-11-20)14-15-7-4-3-5-8-15/h3-5,7-10,13H,6,11-12,14,20H2,1-2H3. The lowest BCUT2D eigenvalue weighted by molar-refractivity contribution is 0.0600. The maximum Gasteiger partial charge on any atom is 0.337 e. The minimum atomic E-state index is -3.86. The van der Waals surface area contributed by atoms with E-state index in [0.717, 1.165) is 5.56 Å². The van der Waals surface area contributed by atoms with E-state index in [4.69, 9.17) is 10.5 Å². The van der Waals surface area contributed by atoms with Crippen molar-refractivity contribution < 1.29 is 22.7 Å². The first kappa shape index (κ1) is 20.9. The van der Waals surface area contributed by atoms with Crippen LogP contribution in [0.2, 0.25) is 0 Å². The summed E-state index contributed by atoms with van der Waals surface area (Å²) < 4.78 is 37.8. The minimum absolute atomic E-state index is 0.00870. The number of carbonyl (C=O) groups is 1. The molecule has 0 unspecified atom stereocenters. The number of rotatable bonds is 9. The molecule has 2 rings (SSSR count). The van der Waals surface area contributed by atoms with Crippen molar-refractivity contribution in [2.24, 2.45) is 5.73 Å². The summed E-state index contributed by atoms with van der Waals surface area (Å²) in [5.41, 5.74) is 6.66. The van der Waals surface area contributed by atoms with Crippen molar-refractivity contribution in [2.75, 3.05) is 27.3 Å². The maximum atomic E-state index is 13.3. The van der Waals surface area contributed by atoms with Crippen molar-refractivity contribution in [2.45, 2.75) is 17.9 Å². The molecule has 0 saturated carbocycles. The van der Waals surface area contributed by atoms with Crippen LogP contribution in [-0.2, 0) is 21.3 Å². The Morgan fingerprint density at radius 3 is 2.41 bits per heavy atom. The number of sulfonamides is 1. The second-order valence-corrected chi connectivity index (χ2v) is 7.73. The molecular weight excluding hydrogens is 368 g/mol. The van der Waals surface area contributed by atoms with E-state index >= 15 is 0 Å². The van der Waals surface area contributed by atoms with Gasteiger partial charge in [-0.05, 0) is 36.7 Å². The molecule has 2 aromatic rings. The van der Waals surface area contributed by atoms with Crippen molar-refractivity contribution in [3.05, 3.63) is 59.7 Å². The number of esters is 1. The molecule has 0 aliphatic rings. The first-order valence-corrected chi connectivity index (χ1v) is 9.88. The Balaban J connectivity index is 2.43. The third kappa shape index (κ3) is 5.06. The van der Waals surface area contributed by atoms with Gasteiger partial charge in [0, 0.05) is 13.1 Å². The fourth-order valence-electron chi connectivity index (χ4n) is 2.60. The average molecular weight is 392 g/mol. The number of ether oxygens (including phenoxy) is 2. The topological polar surface area (TPSA) is 98.9 Å². The predicted octanol–water partition coefficient (Wildman–Crippen LogP) is 2.02. The molecule has 0 spiro atoms. The molecule has 0 atom stereocenters. The summed E-state index contributed by atoms with van der Waals surface area (Å²) in [5, 5.41) is 0. The van der Waals surface area contributed by atoms with Crippen LogP contribution < -0.4 is 10.5 Å². The van der Waals surface area contributed by atoms with E-state index in [1.54, 1.807) is 0 Å². The molecular formula is C19H24N2O5S. The smallest absolute Gasteiger partial charge is 0.337 e. The van der Waals surface area contributed by atoms with Crippen molar-refractivity contribution >= 4 is 16.0 Å². The molecule has 0 fully saturated rings. The van der Waals surface area contributed by atoms with Gasteiger partial charge in [0.1, 0.15) is 10.6 Å². The fraction of sp³-hybridized carbons (Fsp3) is 0.316. The van der Waals surface area contributed by atoms with Crippen molar-refractivity contribution in [3.63, 3.8) is 0 Å². The lowest BCUT2D eigenvalue weighted by Gasteiger charge is -2.23. The van der Waals surface area contributed by atoms with Gasteiger partial charge in [0.05, 0.1) is 19.8 Å². The Morgan fingerprint density at radius 2 is 1.81 bits per heavy atom. The summed E-state index contributed by atoms with van der Waals surface area (Å²) in [4.78, 5) is 11.7. The zero-order valence-electron chi connectivity index (χ0n) is 15.4. The quantitative estimate of drug-likeness (QED) is 0.656. The molecule has 8 heteroatoms. The number of carbonyl (C=O) groups excluding carboxylic acids is 1. The van der Waals surface area contributed by atoms with Gasteiger partial charge in [-0.25, -0.2) is 13.2 Å². The van der Waals surface area contributed by atoms with Crippen LogP contribution in [0, 0.1) is 0 Å². The van der Waals surface area contributed by atoms with Crippen LogP contribution in [-0.4, -0.2) is 46.0 Å². The molecule has 0 heterocycles. The zero-order valence-corrected chi connectivity index (χ0v) is 16.2. The van der Waals surface area contributed by atoms with Crippen molar-refractivity contribution in [1.29, 1.82) is 0 Å². The van der Waals surface area contributed by atoms with E-state index in [2.05, 4.69) is 4.74 Å². The summed E-state index contributed by atoms with van der Waals surface area (Å²) in [6, 6.07) is 13.4. The van der Waals surface area contributed by atoms with E-state index < -0.39 is 16.0 Å². The van der Waals surface area contributed by atoms with Gasteiger partial charge in [-0.15, -0.1) is 0 Å². The molecule has 27 heavy (non-hydrogen) atoms. The summed E-state index contributed by atoms with van der Waals surface area (Å²) in [5.74, 6) is -0.481. The van der Waals surface area contributed by atoms with Gasteiger partial charge >= 0.3 is 5.97 Å². The normalized spacial score (nSPS) is 11.4. The molecule has 0 bridgehead atoms. The largest absolute Gasteiger partial charge is 0.495 e. The molecule has 0 aliphatic heterocycles. The number of hydrogen-bond acceptors (Lipinski definition) is 6. The lowest BCUT2D eigenvalue weighted by atomic mass is 10.2. The van der Waals surface area contributed by atoms with E-state index in [9.17, 15) is 13.2 Å². The van der Waals surface area contributed by atoms with Crippen LogP contribution in [0.3, 0.4) is 0 Å². The second-order valence-electron chi connectivity index (χ2n) is 5.82. The van der Waals surface area contributed by atoms with E-state index in [0.29, 0.717) is 13.0 Å². The summed E-state index contributed by atoms with van der Waals surface area (Å²) in [6.45, 7) is 0.861. The van der Waals surface area contributed by atoms with Crippen molar-refractivity contribution in [3.8, 4) is 5.75 Å². The minimum Gasteiger partial charge on any atom is -0.495 e. The van der Waals surface area contributed by atoms with Crippen LogP contribution >= 0.6 is 0 Å². The number of benzene rings is 2. The summed E-state index contributed by atoms with van der Waals surface area (Å²) in [7, 11) is -1.25. The lowest BCUT2D eigenvalue weighted by Crippen LogP contribution is -2.33. The van der Waals surface area contributed by atoms with E-state index in [1.807, 2.05) is 30.3 Å². The Labute approximate surface area is 159 Å². The van der Waals surface area contributed by atoms with Crippen molar-refractivity contribution in [1.82, 2.24) is 4.31 Å². The number of hydrogen-bond donors (Lipinski definition) is 1. The average Bonchev–Trinajstić information content (AvgIpc) is 2.70. The molecule has 0 amide bonds. The van der Waals surface area contributed by atoms with E-state index in [-0.39, 0.29) is 29.3 Å². The Hall–Kier alpha value is -2.42. The predicted molar refractivity (Wildman–Crippen MR) is 102 cm³/mol. The van der Waals surface area contributed by atoms with Gasteiger partial charge in [-0.3, -0.25) is 0 Å². The highest BCUT2D eigenvalue weighted by Crippen LogP contribution is 2.29. The molecule has 0 aromatic heterocycles. The summed E-state index contributed by atoms with van der Waals surface area (Å²) >= 11 is 0. The highest BCUT2D eigenvalue weighted by atomic mass is 32.2. The molecule has 2 aromatic carbocycles. The Morgan fingerprint density at radius 1 is 1.11 bits per heavy atom. The molecule has 7 nitrogen and oxygen atoms in total. The van der Waals surface area contributed by atoms with Gasteiger partial charge in [0.15, 0.2) is 0 Å². The van der Waals surface area contributed by atoms with Crippen LogP contribution in [0.15, 0.2) is 53.4 Å². The monoisotopic (exact) mass is 392 g/mol. The van der Waals surface area contributed by atoms with Gasteiger partial charge < -0.3 is 15.2 Å². The Kier molecular flexibility index (Phi) is 7.35. The highest BCUT2D eigenvalue weighted by Gasteiger charge is 2.28. The first-order valence-electron chi connectivity index (χ1n) is 8.44. The van der Waals surface area contributed by atoms with Crippen LogP contribution in [0.5, 0.6) is 5.75 Å². The van der Waals surface area contributed by atoms with Crippen LogP contribution in [0.4, 0.5) is 0 Å². The molecule has 2 N–H and O–H groups in total. The number of nitrogens with zero attached hydrogens (tertiary/aromatic N) is 1. The maximum absolute atomic E-state index is 13.3. The third-order valence-electron chi connectivity index (χ3n) is 4.02. The second kappa shape index (κ2) is 9.50. The molecule has 0 radical (unpaired) electrons. The Bertz CT molecular complexity index is 869. The van der Waals surface area contributed by atoms with E-state index in [1.165, 1.54) is 36.7 Å².